The molecule has 0 saturated heterocycles. The van der Waals surface area contributed by atoms with E-state index in [0.29, 0.717) is 13.1 Å². The van der Waals surface area contributed by atoms with E-state index < -0.39 is 0 Å². The SMILES string of the molecule is N#CC(NCCCNC(C#N)c1ccccc1)c1ccccc1. The molecule has 0 aliphatic heterocycles. The quantitative estimate of drug-likeness (QED) is 0.735. The third-order valence-corrected chi connectivity index (χ3v) is 3.57. The molecule has 0 radical (unpaired) electrons. The van der Waals surface area contributed by atoms with Crippen LogP contribution in [0.2, 0.25) is 0 Å². The van der Waals surface area contributed by atoms with Crippen LogP contribution in [-0.2, 0) is 0 Å². The zero-order valence-corrected chi connectivity index (χ0v) is 12.9. The average molecular weight is 304 g/mol. The van der Waals surface area contributed by atoms with Crippen molar-refractivity contribution < 1.29 is 0 Å². The van der Waals surface area contributed by atoms with Crippen LogP contribution in [0.3, 0.4) is 0 Å². The van der Waals surface area contributed by atoms with Gasteiger partial charge in [-0.15, -0.1) is 0 Å². The Bertz CT molecular complexity index is 596. The molecule has 116 valence electrons. The van der Waals surface area contributed by atoms with Gasteiger partial charge in [-0.3, -0.25) is 10.6 Å². The lowest BCUT2D eigenvalue weighted by atomic mass is 10.1. The highest BCUT2D eigenvalue weighted by Gasteiger charge is 2.10. The molecule has 0 aromatic heterocycles. The van der Waals surface area contributed by atoms with Crippen molar-refractivity contribution in [3.63, 3.8) is 0 Å². The Hall–Kier alpha value is -2.66. The van der Waals surface area contributed by atoms with Gasteiger partial charge in [0.25, 0.3) is 0 Å². The highest BCUT2D eigenvalue weighted by atomic mass is 14.9. The van der Waals surface area contributed by atoms with Gasteiger partial charge >= 0.3 is 0 Å². The van der Waals surface area contributed by atoms with Crippen molar-refractivity contribution in [2.45, 2.75) is 18.5 Å². The van der Waals surface area contributed by atoms with E-state index in [-0.39, 0.29) is 12.1 Å². The topological polar surface area (TPSA) is 71.6 Å². The maximum Gasteiger partial charge on any atom is 0.121 e. The highest BCUT2D eigenvalue weighted by Crippen LogP contribution is 2.12. The van der Waals surface area contributed by atoms with Crippen LogP contribution in [0.15, 0.2) is 60.7 Å². The number of hydrogen-bond donors (Lipinski definition) is 2. The van der Waals surface area contributed by atoms with Gasteiger partial charge in [0.2, 0.25) is 0 Å². The lowest BCUT2D eigenvalue weighted by molar-refractivity contribution is 0.551. The first-order valence-corrected chi connectivity index (χ1v) is 7.71. The molecule has 0 aliphatic carbocycles. The van der Waals surface area contributed by atoms with Crippen molar-refractivity contribution in [2.75, 3.05) is 13.1 Å². The number of nitrogens with zero attached hydrogens (tertiary/aromatic N) is 2. The van der Waals surface area contributed by atoms with Crippen LogP contribution in [0.25, 0.3) is 0 Å². The van der Waals surface area contributed by atoms with Gasteiger partial charge in [0.1, 0.15) is 12.1 Å². The molecule has 2 aromatic rings. The van der Waals surface area contributed by atoms with Crippen LogP contribution in [0.4, 0.5) is 0 Å². The minimum atomic E-state index is -0.294. The van der Waals surface area contributed by atoms with Gasteiger partial charge in [-0.25, -0.2) is 0 Å². The maximum absolute atomic E-state index is 9.24. The third-order valence-electron chi connectivity index (χ3n) is 3.57. The number of nitriles is 2. The molecule has 2 N–H and O–H groups in total. The summed E-state index contributed by atoms with van der Waals surface area (Å²) in [6.45, 7) is 1.43. The van der Waals surface area contributed by atoms with Crippen LogP contribution >= 0.6 is 0 Å². The monoisotopic (exact) mass is 304 g/mol. The lowest BCUT2D eigenvalue weighted by Gasteiger charge is -2.14. The number of nitrogens with one attached hydrogen (secondary N) is 2. The Morgan fingerprint density at radius 2 is 1.09 bits per heavy atom. The fourth-order valence-electron chi connectivity index (χ4n) is 2.35. The van der Waals surface area contributed by atoms with E-state index in [0.717, 1.165) is 17.5 Å². The minimum absolute atomic E-state index is 0.294. The Labute approximate surface area is 137 Å². The Balaban J connectivity index is 1.73. The number of rotatable bonds is 8. The van der Waals surface area contributed by atoms with Crippen molar-refractivity contribution in [3.8, 4) is 12.1 Å². The minimum Gasteiger partial charge on any atom is -0.298 e. The second-order valence-corrected chi connectivity index (χ2v) is 5.21. The molecule has 0 saturated carbocycles. The molecule has 4 nitrogen and oxygen atoms in total. The van der Waals surface area contributed by atoms with Gasteiger partial charge in [-0.05, 0) is 30.6 Å². The number of hydrogen-bond acceptors (Lipinski definition) is 4. The van der Waals surface area contributed by atoms with Crippen molar-refractivity contribution >= 4 is 0 Å². The van der Waals surface area contributed by atoms with Crippen LogP contribution in [-0.4, -0.2) is 13.1 Å². The van der Waals surface area contributed by atoms with E-state index >= 15 is 0 Å². The van der Waals surface area contributed by atoms with E-state index in [1.807, 2.05) is 60.7 Å². The van der Waals surface area contributed by atoms with Gasteiger partial charge in [-0.1, -0.05) is 60.7 Å². The van der Waals surface area contributed by atoms with E-state index in [1.165, 1.54) is 0 Å². The molecule has 0 bridgehead atoms. The largest absolute Gasteiger partial charge is 0.298 e. The van der Waals surface area contributed by atoms with Crippen LogP contribution in [0.5, 0.6) is 0 Å². The van der Waals surface area contributed by atoms with E-state index in [2.05, 4.69) is 22.8 Å². The Morgan fingerprint density at radius 3 is 1.43 bits per heavy atom. The molecule has 0 spiro atoms. The molecule has 2 aromatic carbocycles. The van der Waals surface area contributed by atoms with Crippen molar-refractivity contribution in [3.05, 3.63) is 71.8 Å². The molecule has 23 heavy (non-hydrogen) atoms. The maximum atomic E-state index is 9.24. The molecular formula is C19H20N4. The van der Waals surface area contributed by atoms with Crippen molar-refractivity contribution in [1.82, 2.24) is 10.6 Å². The highest BCUT2D eigenvalue weighted by molar-refractivity contribution is 5.24. The summed E-state index contributed by atoms with van der Waals surface area (Å²) in [4.78, 5) is 0. The average Bonchev–Trinajstić information content (AvgIpc) is 2.63. The van der Waals surface area contributed by atoms with Gasteiger partial charge in [0.05, 0.1) is 12.1 Å². The van der Waals surface area contributed by atoms with Gasteiger partial charge in [0.15, 0.2) is 0 Å². The first kappa shape index (κ1) is 16.7. The normalized spacial score (nSPS) is 12.8. The van der Waals surface area contributed by atoms with E-state index in [9.17, 15) is 10.5 Å². The van der Waals surface area contributed by atoms with Crippen molar-refractivity contribution in [2.24, 2.45) is 0 Å². The van der Waals surface area contributed by atoms with E-state index in [1.54, 1.807) is 0 Å². The summed E-state index contributed by atoms with van der Waals surface area (Å²) in [5.41, 5.74) is 1.95. The zero-order valence-electron chi connectivity index (χ0n) is 12.9. The summed E-state index contributed by atoms with van der Waals surface area (Å²) in [6, 6.07) is 23.3. The molecule has 2 atom stereocenters. The molecule has 2 rings (SSSR count). The second-order valence-electron chi connectivity index (χ2n) is 5.21. The first-order chi connectivity index (χ1) is 11.3. The third kappa shape index (κ3) is 5.23. The standard InChI is InChI=1S/C19H20N4/c20-14-18(16-8-3-1-4-9-16)22-12-7-13-23-19(15-21)17-10-5-2-6-11-17/h1-6,8-11,18-19,22-23H,7,12-13H2. The lowest BCUT2D eigenvalue weighted by Crippen LogP contribution is -2.26. The summed E-state index contributed by atoms with van der Waals surface area (Å²) in [6.07, 6.45) is 0.843. The summed E-state index contributed by atoms with van der Waals surface area (Å²) < 4.78 is 0. The molecule has 0 heterocycles. The van der Waals surface area contributed by atoms with Crippen LogP contribution in [0, 0.1) is 22.7 Å². The smallest absolute Gasteiger partial charge is 0.121 e. The summed E-state index contributed by atoms with van der Waals surface area (Å²) in [5.74, 6) is 0. The van der Waals surface area contributed by atoms with Gasteiger partial charge in [0, 0.05) is 0 Å². The second kappa shape index (κ2) is 9.38. The Morgan fingerprint density at radius 1 is 0.696 bits per heavy atom. The molecule has 0 fully saturated rings. The number of benzene rings is 2. The molecule has 4 heteroatoms. The summed E-state index contributed by atoms with van der Waals surface area (Å²) in [5, 5.41) is 24.9. The van der Waals surface area contributed by atoms with Crippen LogP contribution < -0.4 is 10.6 Å². The zero-order chi connectivity index (χ0) is 16.3. The summed E-state index contributed by atoms with van der Waals surface area (Å²) in [7, 11) is 0. The molecule has 0 aliphatic rings. The van der Waals surface area contributed by atoms with E-state index in [4.69, 9.17) is 0 Å². The first-order valence-electron chi connectivity index (χ1n) is 7.71. The van der Waals surface area contributed by atoms with Crippen molar-refractivity contribution in [1.29, 1.82) is 10.5 Å². The molecular weight excluding hydrogens is 284 g/mol. The predicted octanol–water partition coefficient (Wildman–Crippen LogP) is 3.09. The van der Waals surface area contributed by atoms with Gasteiger partial charge < -0.3 is 0 Å². The Kier molecular flexibility index (Phi) is 6.81. The summed E-state index contributed by atoms with van der Waals surface area (Å²) >= 11 is 0. The predicted molar refractivity (Wildman–Crippen MR) is 90.2 cm³/mol. The van der Waals surface area contributed by atoms with Gasteiger partial charge in [-0.2, -0.15) is 10.5 Å². The fraction of sp³-hybridized carbons (Fsp3) is 0.263. The van der Waals surface area contributed by atoms with Crippen LogP contribution in [0.1, 0.15) is 29.6 Å². The molecule has 0 amide bonds. The fourth-order valence-corrected chi connectivity index (χ4v) is 2.35. The molecule has 2 unspecified atom stereocenters.